The highest BCUT2D eigenvalue weighted by Crippen LogP contribution is 2.29. The Bertz CT molecular complexity index is 928. The van der Waals surface area contributed by atoms with Gasteiger partial charge in [0, 0.05) is 53.6 Å². The maximum absolute atomic E-state index is 12.6. The minimum Gasteiger partial charge on any atom is -0.420 e. The van der Waals surface area contributed by atoms with Gasteiger partial charge in [-0.1, -0.05) is 0 Å². The minimum absolute atomic E-state index is 0.109. The van der Waals surface area contributed by atoms with Crippen molar-refractivity contribution in [2.24, 2.45) is 0 Å². The highest BCUT2D eigenvalue weighted by atomic mass is 79.9. The van der Waals surface area contributed by atoms with Gasteiger partial charge in [-0.15, -0.1) is 8.78 Å². The van der Waals surface area contributed by atoms with Gasteiger partial charge in [-0.25, -0.2) is 4.98 Å². The van der Waals surface area contributed by atoms with Gasteiger partial charge in [0.05, 0.1) is 15.3 Å². The number of carbonyl (C=O) groups excluding carboxylic acids is 1. The molecule has 1 aromatic carbocycles. The lowest BCUT2D eigenvalue weighted by Gasteiger charge is -2.19. The number of halogens is 4. The molecule has 0 spiro atoms. The summed E-state index contributed by atoms with van der Waals surface area (Å²) in [5.41, 5.74) is -3.08. The Morgan fingerprint density at radius 2 is 2.10 bits per heavy atom. The van der Waals surface area contributed by atoms with Crippen molar-refractivity contribution in [3.05, 3.63) is 46.6 Å². The van der Waals surface area contributed by atoms with Crippen LogP contribution in [0, 0.1) is 0 Å². The van der Waals surface area contributed by atoms with E-state index in [0.717, 1.165) is 13.0 Å². The molecule has 3 rings (SSSR count). The van der Waals surface area contributed by atoms with Crippen LogP contribution in [0.2, 0.25) is 0 Å². The third kappa shape index (κ3) is 5.86. The second-order valence-corrected chi connectivity index (χ2v) is 9.37. The number of nitrogens with one attached hydrogen (secondary N) is 1. The molecule has 0 radical (unpaired) electrons. The van der Waals surface area contributed by atoms with Gasteiger partial charge in [-0.3, -0.25) is 9.00 Å². The van der Waals surface area contributed by atoms with Crippen LogP contribution in [0.5, 0.6) is 5.75 Å². The van der Waals surface area contributed by atoms with Crippen molar-refractivity contribution < 1.29 is 22.5 Å². The van der Waals surface area contributed by atoms with Crippen LogP contribution in [0.4, 0.5) is 20.3 Å². The van der Waals surface area contributed by atoms with E-state index in [9.17, 15) is 17.8 Å². The van der Waals surface area contributed by atoms with Crippen molar-refractivity contribution >= 4 is 55.7 Å². The Hall–Kier alpha value is -1.78. The number of amides is 1. The van der Waals surface area contributed by atoms with Crippen LogP contribution in [0.1, 0.15) is 16.8 Å². The van der Waals surface area contributed by atoms with E-state index < -0.39 is 22.3 Å². The Labute approximate surface area is 182 Å². The summed E-state index contributed by atoms with van der Waals surface area (Å²) in [4.78, 5) is 18.9. The van der Waals surface area contributed by atoms with Crippen molar-refractivity contribution in [3.63, 3.8) is 0 Å². The summed E-state index contributed by atoms with van der Waals surface area (Å²) in [6.45, 7) is 1.40. The van der Waals surface area contributed by atoms with E-state index in [-0.39, 0.29) is 11.0 Å². The number of benzene rings is 1. The first-order chi connectivity index (χ1) is 13.6. The van der Waals surface area contributed by atoms with Crippen LogP contribution < -0.4 is 15.0 Å². The first-order valence-corrected chi connectivity index (χ1v) is 11.3. The zero-order valence-corrected chi connectivity index (χ0v) is 18.4. The molecule has 156 valence electrons. The van der Waals surface area contributed by atoms with Crippen molar-refractivity contribution in [2.75, 3.05) is 29.6 Å². The predicted molar refractivity (Wildman–Crippen MR) is 112 cm³/mol. The van der Waals surface area contributed by atoms with E-state index in [2.05, 4.69) is 31.0 Å². The van der Waals surface area contributed by atoms with Gasteiger partial charge in [0.25, 0.3) is 5.91 Å². The maximum Gasteiger partial charge on any atom is 0.487 e. The fraction of sp³-hybridized carbons (Fsp3) is 0.333. The smallest absolute Gasteiger partial charge is 0.420 e. The number of rotatable bonds is 6. The van der Waals surface area contributed by atoms with Crippen LogP contribution in [0.15, 0.2) is 41.0 Å². The molecule has 6 nitrogen and oxygen atoms in total. The van der Waals surface area contributed by atoms with E-state index in [4.69, 9.17) is 11.6 Å². The largest absolute Gasteiger partial charge is 0.487 e. The van der Waals surface area contributed by atoms with Gasteiger partial charge < -0.3 is 15.0 Å². The first kappa shape index (κ1) is 21.9. The molecular formula is C18H17BrClF2N3O3S. The zero-order chi connectivity index (χ0) is 21.2. The maximum atomic E-state index is 12.6. The number of nitrogens with zero attached hydrogens (tertiary/aromatic N) is 2. The number of anilines is 2. The molecule has 1 aliphatic rings. The summed E-state index contributed by atoms with van der Waals surface area (Å²) < 4.78 is 41.8. The lowest BCUT2D eigenvalue weighted by molar-refractivity contribution is -0.0964. The van der Waals surface area contributed by atoms with Crippen LogP contribution in [-0.2, 0) is 10.8 Å². The molecule has 1 N–H and O–H groups in total. The van der Waals surface area contributed by atoms with Crippen molar-refractivity contribution in [2.45, 2.75) is 17.2 Å². The molecule has 1 saturated heterocycles. The minimum atomic E-state index is -3.80. The molecule has 1 unspecified atom stereocenters. The molecule has 1 amide bonds. The van der Waals surface area contributed by atoms with Crippen molar-refractivity contribution in [3.8, 4) is 5.75 Å². The van der Waals surface area contributed by atoms with E-state index >= 15 is 0 Å². The molecule has 0 bridgehead atoms. The van der Waals surface area contributed by atoms with Gasteiger partial charge in [0.2, 0.25) is 0 Å². The second-order valence-electron chi connectivity index (χ2n) is 6.41. The number of ether oxygens (including phenoxy) is 1. The zero-order valence-electron chi connectivity index (χ0n) is 15.2. The highest BCUT2D eigenvalue weighted by molar-refractivity contribution is 9.10. The van der Waals surface area contributed by atoms with E-state index in [0.29, 0.717) is 28.1 Å². The molecule has 1 fully saturated rings. The average molecular weight is 509 g/mol. The molecule has 2 aromatic rings. The summed E-state index contributed by atoms with van der Waals surface area (Å²) in [5.74, 6) is 0.154. The third-order valence-corrected chi connectivity index (χ3v) is 6.33. The molecule has 2 heterocycles. The number of alkyl halides is 3. The van der Waals surface area contributed by atoms with Crippen LogP contribution in [-0.4, -0.2) is 45.3 Å². The fourth-order valence-corrected chi connectivity index (χ4v) is 4.44. The molecule has 2 atom stereocenters. The quantitative estimate of drug-likeness (QED) is 0.592. The lowest BCUT2D eigenvalue weighted by Crippen LogP contribution is -2.24. The van der Waals surface area contributed by atoms with Crippen LogP contribution >= 0.6 is 27.5 Å². The summed E-state index contributed by atoms with van der Waals surface area (Å²) in [5, 5.41) is 2.77. The summed E-state index contributed by atoms with van der Waals surface area (Å²) in [6.07, 6.45) is 3.98. The van der Waals surface area contributed by atoms with Gasteiger partial charge >= 0.3 is 5.57 Å². The van der Waals surface area contributed by atoms with Gasteiger partial charge in [-0.05, 0) is 52.7 Å². The standard InChI is InChI=1S/C18H17BrClF2N3O3S/c1-29(27)14-6-7-25(10-14)16-15(19)8-11(9-23-16)17(26)24-12-2-4-13(5-3-12)28-18(20,21)22/h2-5,8-9,14H,6-7,10H2,1H3,(H,24,26)/t14-,29?/m0/s1. The Morgan fingerprint density at radius 1 is 1.41 bits per heavy atom. The number of hydrogen-bond acceptors (Lipinski definition) is 5. The Balaban J connectivity index is 1.66. The molecule has 29 heavy (non-hydrogen) atoms. The summed E-state index contributed by atoms with van der Waals surface area (Å²) in [6, 6.07) is 7.03. The Morgan fingerprint density at radius 3 is 2.66 bits per heavy atom. The topological polar surface area (TPSA) is 71.5 Å². The molecule has 11 heteroatoms. The molecule has 0 saturated carbocycles. The van der Waals surface area contributed by atoms with Crippen molar-refractivity contribution in [1.82, 2.24) is 4.98 Å². The molecule has 0 aliphatic carbocycles. The van der Waals surface area contributed by atoms with Crippen molar-refractivity contribution in [1.29, 1.82) is 0 Å². The summed E-state index contributed by atoms with van der Waals surface area (Å²) >= 11 is 8.16. The van der Waals surface area contributed by atoms with Crippen LogP contribution in [0.3, 0.4) is 0 Å². The molecule has 1 aliphatic heterocycles. The van der Waals surface area contributed by atoms with E-state index in [1.54, 1.807) is 12.3 Å². The normalized spacial score (nSPS) is 17.8. The monoisotopic (exact) mass is 507 g/mol. The second kappa shape index (κ2) is 8.93. The predicted octanol–water partition coefficient (Wildman–Crippen LogP) is 4.22. The number of carbonyl (C=O) groups is 1. The fourth-order valence-electron chi connectivity index (χ4n) is 2.92. The van der Waals surface area contributed by atoms with E-state index in [1.807, 2.05) is 4.90 Å². The number of aromatic nitrogens is 1. The molecule has 1 aromatic heterocycles. The highest BCUT2D eigenvalue weighted by Gasteiger charge is 2.28. The number of pyridine rings is 1. The van der Waals surface area contributed by atoms with Gasteiger partial charge in [0.1, 0.15) is 11.6 Å². The molecular weight excluding hydrogens is 492 g/mol. The van der Waals surface area contributed by atoms with Gasteiger partial charge in [-0.2, -0.15) is 0 Å². The van der Waals surface area contributed by atoms with Crippen LogP contribution in [0.25, 0.3) is 0 Å². The first-order valence-electron chi connectivity index (χ1n) is 8.52. The van der Waals surface area contributed by atoms with E-state index in [1.165, 1.54) is 30.5 Å². The lowest BCUT2D eigenvalue weighted by atomic mass is 10.2. The Kier molecular flexibility index (Phi) is 6.75. The SMILES string of the molecule is CS(=O)[C@H]1CCN(c2ncc(C(=O)Nc3ccc(OC(F)(F)Cl)cc3)cc2Br)C1. The third-order valence-electron chi connectivity index (χ3n) is 4.34. The average Bonchev–Trinajstić information content (AvgIpc) is 3.12. The van der Waals surface area contributed by atoms with Gasteiger partial charge in [0.15, 0.2) is 0 Å². The summed E-state index contributed by atoms with van der Waals surface area (Å²) in [7, 11) is -0.891. The number of hydrogen-bond donors (Lipinski definition) is 1.